The minimum atomic E-state index is 0.201. The molecule has 1 heterocycles. The lowest BCUT2D eigenvalue weighted by atomic mass is 9.81. The van der Waals surface area contributed by atoms with Crippen molar-refractivity contribution in [3.05, 3.63) is 11.3 Å². The molecule has 0 N–H and O–H groups in total. The molecule has 2 aliphatic rings. The van der Waals surface area contributed by atoms with E-state index in [2.05, 4.69) is 0 Å². The maximum atomic E-state index is 11.4. The molecule has 72 valence electrons. The van der Waals surface area contributed by atoms with Crippen molar-refractivity contribution in [2.75, 3.05) is 0 Å². The maximum absolute atomic E-state index is 11.4. The summed E-state index contributed by atoms with van der Waals surface area (Å²) in [6.45, 7) is 3.58. The molecule has 0 aromatic carbocycles. The minimum absolute atomic E-state index is 0.201. The normalized spacial score (nSPS) is 32.8. The SMILES string of the molecule is CC(=O)C1=C(C)O[C@H]2CCCC[C@@H]12. The van der Waals surface area contributed by atoms with E-state index in [1.807, 2.05) is 6.92 Å². The first-order valence-electron chi connectivity index (χ1n) is 5.08. The Balaban J connectivity index is 2.24. The van der Waals surface area contributed by atoms with E-state index in [0.29, 0.717) is 12.0 Å². The van der Waals surface area contributed by atoms with Crippen LogP contribution in [-0.2, 0) is 9.53 Å². The molecular weight excluding hydrogens is 164 g/mol. The number of rotatable bonds is 1. The number of carbonyl (C=O) groups excluding carboxylic acids is 1. The molecule has 0 unspecified atom stereocenters. The van der Waals surface area contributed by atoms with Gasteiger partial charge >= 0.3 is 0 Å². The number of ketones is 1. The Labute approximate surface area is 79.0 Å². The van der Waals surface area contributed by atoms with Crippen molar-refractivity contribution in [1.82, 2.24) is 0 Å². The molecule has 1 saturated carbocycles. The zero-order chi connectivity index (χ0) is 9.42. The Morgan fingerprint density at radius 1 is 1.38 bits per heavy atom. The predicted molar refractivity (Wildman–Crippen MR) is 50.2 cm³/mol. The summed E-state index contributed by atoms with van der Waals surface area (Å²) < 4.78 is 5.70. The van der Waals surface area contributed by atoms with Gasteiger partial charge in [-0.25, -0.2) is 0 Å². The molecule has 13 heavy (non-hydrogen) atoms. The first-order chi connectivity index (χ1) is 6.20. The molecule has 0 amide bonds. The monoisotopic (exact) mass is 180 g/mol. The second-order valence-corrected chi connectivity index (χ2v) is 4.07. The third-order valence-corrected chi connectivity index (χ3v) is 3.16. The van der Waals surface area contributed by atoms with Crippen molar-refractivity contribution in [3.63, 3.8) is 0 Å². The highest BCUT2D eigenvalue weighted by atomic mass is 16.5. The van der Waals surface area contributed by atoms with Gasteiger partial charge in [0.1, 0.15) is 11.9 Å². The maximum Gasteiger partial charge on any atom is 0.159 e. The van der Waals surface area contributed by atoms with Gasteiger partial charge in [0, 0.05) is 11.5 Å². The fraction of sp³-hybridized carbons (Fsp3) is 0.727. The number of fused-ring (bicyclic) bond motifs is 1. The lowest BCUT2D eigenvalue weighted by molar-refractivity contribution is -0.114. The topological polar surface area (TPSA) is 26.3 Å². The molecule has 2 rings (SSSR count). The second kappa shape index (κ2) is 3.17. The van der Waals surface area contributed by atoms with Crippen LogP contribution in [0.1, 0.15) is 39.5 Å². The summed E-state index contributed by atoms with van der Waals surface area (Å²) in [4.78, 5) is 11.4. The van der Waals surface area contributed by atoms with E-state index in [0.717, 1.165) is 24.2 Å². The number of hydrogen-bond donors (Lipinski definition) is 0. The Hall–Kier alpha value is -0.790. The molecule has 0 spiro atoms. The van der Waals surface area contributed by atoms with Crippen LogP contribution in [0.4, 0.5) is 0 Å². The van der Waals surface area contributed by atoms with Gasteiger partial charge in [-0.1, -0.05) is 6.42 Å². The summed E-state index contributed by atoms with van der Waals surface area (Å²) in [6, 6.07) is 0. The smallest absolute Gasteiger partial charge is 0.159 e. The van der Waals surface area contributed by atoms with E-state index >= 15 is 0 Å². The Bertz CT molecular complexity index is 265. The van der Waals surface area contributed by atoms with Crippen molar-refractivity contribution in [1.29, 1.82) is 0 Å². The Morgan fingerprint density at radius 2 is 2.08 bits per heavy atom. The van der Waals surface area contributed by atoms with E-state index in [-0.39, 0.29) is 5.78 Å². The van der Waals surface area contributed by atoms with Crippen molar-refractivity contribution in [2.24, 2.45) is 5.92 Å². The van der Waals surface area contributed by atoms with Crippen LogP contribution in [-0.4, -0.2) is 11.9 Å². The van der Waals surface area contributed by atoms with Crippen molar-refractivity contribution in [3.8, 4) is 0 Å². The largest absolute Gasteiger partial charge is 0.494 e. The molecule has 0 aromatic heterocycles. The number of allylic oxidation sites excluding steroid dienone is 1. The van der Waals surface area contributed by atoms with Gasteiger partial charge in [-0.15, -0.1) is 0 Å². The molecule has 1 fully saturated rings. The third kappa shape index (κ3) is 1.38. The van der Waals surface area contributed by atoms with Gasteiger partial charge in [0.05, 0.1) is 0 Å². The quantitative estimate of drug-likeness (QED) is 0.619. The highest BCUT2D eigenvalue weighted by Gasteiger charge is 2.38. The van der Waals surface area contributed by atoms with Gasteiger partial charge in [0.25, 0.3) is 0 Å². The highest BCUT2D eigenvalue weighted by molar-refractivity contribution is 5.94. The average molecular weight is 180 g/mol. The van der Waals surface area contributed by atoms with Crippen LogP contribution < -0.4 is 0 Å². The van der Waals surface area contributed by atoms with E-state index in [4.69, 9.17) is 4.74 Å². The summed E-state index contributed by atoms with van der Waals surface area (Å²) in [5.74, 6) is 1.49. The van der Waals surface area contributed by atoms with Crippen LogP contribution in [0.3, 0.4) is 0 Å². The van der Waals surface area contributed by atoms with Crippen LogP contribution in [0.25, 0.3) is 0 Å². The lowest BCUT2D eigenvalue weighted by Crippen LogP contribution is -2.24. The van der Waals surface area contributed by atoms with Gasteiger partial charge in [-0.2, -0.15) is 0 Å². The molecule has 2 nitrogen and oxygen atoms in total. The van der Waals surface area contributed by atoms with Crippen LogP contribution in [0, 0.1) is 5.92 Å². The lowest BCUT2D eigenvalue weighted by Gasteiger charge is -2.25. The van der Waals surface area contributed by atoms with E-state index in [9.17, 15) is 4.79 Å². The van der Waals surface area contributed by atoms with Gasteiger partial charge in [-0.05, 0) is 33.1 Å². The Kier molecular flexibility index (Phi) is 2.14. The van der Waals surface area contributed by atoms with Crippen LogP contribution in [0.5, 0.6) is 0 Å². The van der Waals surface area contributed by atoms with Gasteiger partial charge in [0.2, 0.25) is 0 Å². The van der Waals surface area contributed by atoms with Crippen LogP contribution in [0.2, 0.25) is 0 Å². The molecular formula is C11H16O2. The van der Waals surface area contributed by atoms with E-state index in [1.54, 1.807) is 6.92 Å². The predicted octanol–water partition coefficient (Wildman–Crippen LogP) is 2.44. The third-order valence-electron chi connectivity index (χ3n) is 3.16. The standard InChI is InChI=1S/C11H16O2/c1-7(12)11-8(2)13-10-6-4-3-5-9(10)11/h9-10H,3-6H2,1-2H3/t9-,10+/m1/s1. The Morgan fingerprint density at radius 3 is 2.77 bits per heavy atom. The molecule has 1 aliphatic heterocycles. The minimum Gasteiger partial charge on any atom is -0.494 e. The molecule has 1 aliphatic carbocycles. The molecule has 2 atom stereocenters. The second-order valence-electron chi connectivity index (χ2n) is 4.07. The summed E-state index contributed by atoms with van der Waals surface area (Å²) >= 11 is 0. The van der Waals surface area contributed by atoms with Gasteiger partial charge in [-0.3, -0.25) is 4.79 Å². The van der Waals surface area contributed by atoms with Crippen molar-refractivity contribution >= 4 is 5.78 Å². The summed E-state index contributed by atoms with van der Waals surface area (Å²) in [6.07, 6.45) is 5.07. The van der Waals surface area contributed by atoms with Gasteiger partial charge in [0.15, 0.2) is 5.78 Å². The fourth-order valence-electron chi connectivity index (χ4n) is 2.63. The molecule has 2 heteroatoms. The first kappa shape index (κ1) is 8.79. The van der Waals surface area contributed by atoms with Crippen molar-refractivity contribution in [2.45, 2.75) is 45.6 Å². The van der Waals surface area contributed by atoms with Crippen LogP contribution >= 0.6 is 0 Å². The zero-order valence-corrected chi connectivity index (χ0v) is 8.30. The van der Waals surface area contributed by atoms with E-state index in [1.165, 1.54) is 12.8 Å². The molecule has 0 radical (unpaired) electrons. The summed E-state index contributed by atoms with van der Waals surface area (Å²) in [7, 11) is 0. The number of hydrogen-bond acceptors (Lipinski definition) is 2. The molecule has 0 saturated heterocycles. The summed E-state index contributed by atoms with van der Waals surface area (Å²) in [5.41, 5.74) is 0.963. The van der Waals surface area contributed by atoms with Crippen molar-refractivity contribution < 1.29 is 9.53 Å². The van der Waals surface area contributed by atoms with Crippen LogP contribution in [0.15, 0.2) is 11.3 Å². The van der Waals surface area contributed by atoms with E-state index < -0.39 is 0 Å². The molecule has 0 bridgehead atoms. The summed E-state index contributed by atoms with van der Waals surface area (Å²) in [5, 5.41) is 0. The molecule has 0 aromatic rings. The number of Topliss-reactive ketones (excluding diaryl/α,β-unsaturated/α-hetero) is 1. The first-order valence-corrected chi connectivity index (χ1v) is 5.08. The van der Waals surface area contributed by atoms with Gasteiger partial charge < -0.3 is 4.74 Å². The average Bonchev–Trinajstić information content (AvgIpc) is 2.39. The fourth-order valence-corrected chi connectivity index (χ4v) is 2.63. The number of carbonyl (C=O) groups is 1. The zero-order valence-electron chi connectivity index (χ0n) is 8.30. The highest BCUT2D eigenvalue weighted by Crippen LogP contribution is 2.40. The number of ether oxygens (including phenoxy) is 1.